The molecule has 2 aromatic carbocycles. The van der Waals surface area contributed by atoms with Crippen LogP contribution in [-0.2, 0) is 14.3 Å². The fourth-order valence-electron chi connectivity index (χ4n) is 4.04. The highest BCUT2D eigenvalue weighted by atomic mass is 19.1. The lowest BCUT2D eigenvalue weighted by Gasteiger charge is -2.37. The lowest BCUT2D eigenvalue weighted by molar-refractivity contribution is -0.121. The van der Waals surface area contributed by atoms with E-state index < -0.39 is 17.6 Å². The standard InChI is InChI=1S/C23H23FN2O4/c1-14-12-25(13-15(2)30-14)21-20(16-8-10-17(29-3)11-9-16)22(27)26(23(21)28)19-7-5-4-6-18(19)24/h4-11,14-15H,12-13H2,1-3H3. The summed E-state index contributed by atoms with van der Waals surface area (Å²) in [5, 5.41) is 0. The number of hydrogen-bond donors (Lipinski definition) is 0. The average Bonchev–Trinajstić information content (AvgIpc) is 2.98. The number of morpholine rings is 1. The molecule has 2 amide bonds. The predicted octanol–water partition coefficient (Wildman–Crippen LogP) is 3.23. The first-order valence-corrected chi connectivity index (χ1v) is 9.83. The molecule has 6 nitrogen and oxygen atoms in total. The van der Waals surface area contributed by atoms with Crippen LogP contribution in [0.4, 0.5) is 10.1 Å². The van der Waals surface area contributed by atoms with Crippen molar-refractivity contribution in [2.45, 2.75) is 26.1 Å². The number of carbonyl (C=O) groups excluding carboxylic acids is 2. The molecule has 1 fully saturated rings. The van der Waals surface area contributed by atoms with Gasteiger partial charge in [0, 0.05) is 13.1 Å². The normalized spacial score (nSPS) is 22.1. The maximum atomic E-state index is 14.5. The highest BCUT2D eigenvalue weighted by molar-refractivity contribution is 6.45. The first-order chi connectivity index (χ1) is 14.4. The molecule has 2 unspecified atom stereocenters. The summed E-state index contributed by atoms with van der Waals surface area (Å²) in [6.45, 7) is 4.77. The SMILES string of the molecule is COc1ccc(C2=C(N3CC(C)OC(C)C3)C(=O)N(c3ccccc3F)C2=O)cc1. The van der Waals surface area contributed by atoms with E-state index in [9.17, 15) is 14.0 Å². The number of benzene rings is 2. The van der Waals surface area contributed by atoms with Gasteiger partial charge < -0.3 is 14.4 Å². The Balaban J connectivity index is 1.84. The van der Waals surface area contributed by atoms with Crippen LogP contribution in [0.1, 0.15) is 19.4 Å². The molecule has 0 N–H and O–H groups in total. The Hall–Kier alpha value is -3.19. The number of anilines is 1. The zero-order chi connectivity index (χ0) is 21.4. The molecule has 0 saturated carbocycles. The summed E-state index contributed by atoms with van der Waals surface area (Å²) in [4.78, 5) is 29.7. The number of para-hydroxylation sites is 1. The van der Waals surface area contributed by atoms with Crippen LogP contribution in [0, 0.1) is 5.82 Å². The van der Waals surface area contributed by atoms with Gasteiger partial charge in [0.1, 0.15) is 17.3 Å². The maximum Gasteiger partial charge on any atom is 0.282 e. The summed E-state index contributed by atoms with van der Waals surface area (Å²) in [6.07, 6.45) is -0.215. The molecule has 2 aliphatic heterocycles. The summed E-state index contributed by atoms with van der Waals surface area (Å²) < 4.78 is 25.5. The van der Waals surface area contributed by atoms with Crippen molar-refractivity contribution in [3.63, 3.8) is 0 Å². The van der Waals surface area contributed by atoms with E-state index in [0.29, 0.717) is 24.4 Å². The molecule has 2 atom stereocenters. The number of nitrogens with zero attached hydrogens (tertiary/aromatic N) is 2. The van der Waals surface area contributed by atoms with Crippen LogP contribution in [0.3, 0.4) is 0 Å². The second-order valence-corrected chi connectivity index (χ2v) is 7.51. The Bertz CT molecular complexity index is 1010. The number of amides is 2. The largest absolute Gasteiger partial charge is 0.497 e. The third-order valence-electron chi connectivity index (χ3n) is 5.27. The van der Waals surface area contributed by atoms with Crippen molar-refractivity contribution in [2.75, 3.05) is 25.1 Å². The minimum atomic E-state index is -0.627. The van der Waals surface area contributed by atoms with E-state index in [1.807, 2.05) is 18.7 Å². The summed E-state index contributed by atoms with van der Waals surface area (Å²) in [6, 6.07) is 12.7. The summed E-state index contributed by atoms with van der Waals surface area (Å²) in [5.41, 5.74) is 1.06. The molecule has 0 radical (unpaired) electrons. The Morgan fingerprint density at radius 1 is 0.967 bits per heavy atom. The quantitative estimate of drug-likeness (QED) is 0.725. The number of hydrogen-bond acceptors (Lipinski definition) is 5. The van der Waals surface area contributed by atoms with Crippen molar-refractivity contribution < 1.29 is 23.5 Å². The molecule has 0 spiro atoms. The van der Waals surface area contributed by atoms with Crippen molar-refractivity contribution in [2.24, 2.45) is 0 Å². The van der Waals surface area contributed by atoms with Crippen LogP contribution in [0.25, 0.3) is 5.57 Å². The van der Waals surface area contributed by atoms with Crippen molar-refractivity contribution >= 4 is 23.1 Å². The van der Waals surface area contributed by atoms with Crippen molar-refractivity contribution in [1.29, 1.82) is 0 Å². The summed E-state index contributed by atoms with van der Waals surface area (Å²) >= 11 is 0. The Kier molecular flexibility index (Phi) is 5.30. The Morgan fingerprint density at radius 3 is 2.20 bits per heavy atom. The zero-order valence-corrected chi connectivity index (χ0v) is 17.1. The Labute approximate surface area is 174 Å². The van der Waals surface area contributed by atoms with Gasteiger partial charge in [-0.2, -0.15) is 0 Å². The first-order valence-electron chi connectivity index (χ1n) is 9.83. The smallest absolute Gasteiger partial charge is 0.282 e. The van der Waals surface area contributed by atoms with Crippen molar-refractivity contribution in [3.8, 4) is 5.75 Å². The summed E-state index contributed by atoms with van der Waals surface area (Å²) in [7, 11) is 1.56. The number of imide groups is 1. The molecule has 4 rings (SSSR count). The van der Waals surface area contributed by atoms with Gasteiger partial charge in [-0.15, -0.1) is 0 Å². The minimum Gasteiger partial charge on any atom is -0.497 e. The van der Waals surface area contributed by atoms with Gasteiger partial charge in [-0.25, -0.2) is 9.29 Å². The number of rotatable bonds is 4. The highest BCUT2D eigenvalue weighted by Crippen LogP contribution is 2.37. The van der Waals surface area contributed by atoms with Crippen LogP contribution in [0.2, 0.25) is 0 Å². The number of halogens is 1. The molecule has 1 saturated heterocycles. The predicted molar refractivity (Wildman–Crippen MR) is 110 cm³/mol. The van der Waals surface area contributed by atoms with Crippen LogP contribution >= 0.6 is 0 Å². The fourth-order valence-corrected chi connectivity index (χ4v) is 4.04. The molecule has 0 aliphatic carbocycles. The lowest BCUT2D eigenvalue weighted by atomic mass is 10.0. The van der Waals surface area contributed by atoms with E-state index in [4.69, 9.17) is 9.47 Å². The van der Waals surface area contributed by atoms with E-state index in [1.165, 1.54) is 18.2 Å². The van der Waals surface area contributed by atoms with E-state index in [2.05, 4.69) is 0 Å². The summed E-state index contributed by atoms with van der Waals surface area (Å²) in [5.74, 6) is -1.07. The fraction of sp³-hybridized carbons (Fsp3) is 0.304. The van der Waals surface area contributed by atoms with E-state index in [0.717, 1.165) is 4.90 Å². The molecule has 2 aromatic rings. The van der Waals surface area contributed by atoms with Crippen LogP contribution in [0.15, 0.2) is 54.2 Å². The third-order valence-corrected chi connectivity index (χ3v) is 5.27. The Morgan fingerprint density at radius 2 is 1.60 bits per heavy atom. The zero-order valence-electron chi connectivity index (χ0n) is 17.1. The van der Waals surface area contributed by atoms with Crippen LogP contribution in [0.5, 0.6) is 5.75 Å². The number of methoxy groups -OCH3 is 1. The molecule has 2 heterocycles. The van der Waals surface area contributed by atoms with Crippen molar-refractivity contribution in [3.05, 3.63) is 65.6 Å². The molecule has 0 bridgehead atoms. The molecule has 2 aliphatic rings. The number of ether oxygens (including phenoxy) is 2. The topological polar surface area (TPSA) is 59.1 Å². The molecule has 0 aromatic heterocycles. The number of carbonyl (C=O) groups is 2. The first kappa shape index (κ1) is 20.1. The highest BCUT2D eigenvalue weighted by Gasteiger charge is 2.44. The van der Waals surface area contributed by atoms with Gasteiger partial charge >= 0.3 is 0 Å². The maximum absolute atomic E-state index is 14.5. The second-order valence-electron chi connectivity index (χ2n) is 7.51. The lowest BCUT2D eigenvalue weighted by Crippen LogP contribution is -2.47. The van der Waals surface area contributed by atoms with Crippen LogP contribution in [-0.4, -0.2) is 49.1 Å². The molecular formula is C23H23FN2O4. The van der Waals surface area contributed by atoms with E-state index in [1.54, 1.807) is 37.4 Å². The second kappa shape index (κ2) is 7.91. The molecule has 156 valence electrons. The average molecular weight is 410 g/mol. The minimum absolute atomic E-state index is 0.0529. The molecule has 7 heteroatoms. The van der Waals surface area contributed by atoms with Gasteiger partial charge in [0.05, 0.1) is 30.6 Å². The van der Waals surface area contributed by atoms with E-state index >= 15 is 0 Å². The van der Waals surface area contributed by atoms with Gasteiger partial charge in [-0.3, -0.25) is 9.59 Å². The molecule has 30 heavy (non-hydrogen) atoms. The van der Waals surface area contributed by atoms with Gasteiger partial charge in [0.2, 0.25) is 0 Å². The molecular weight excluding hydrogens is 387 g/mol. The van der Waals surface area contributed by atoms with Gasteiger partial charge in [-0.1, -0.05) is 24.3 Å². The van der Waals surface area contributed by atoms with Gasteiger partial charge in [0.15, 0.2) is 0 Å². The van der Waals surface area contributed by atoms with Gasteiger partial charge in [-0.05, 0) is 43.7 Å². The van der Waals surface area contributed by atoms with Gasteiger partial charge in [0.25, 0.3) is 11.8 Å². The van der Waals surface area contributed by atoms with E-state index in [-0.39, 0.29) is 29.2 Å². The monoisotopic (exact) mass is 410 g/mol. The third kappa shape index (κ3) is 3.45. The van der Waals surface area contributed by atoms with Crippen LogP contribution < -0.4 is 9.64 Å². The van der Waals surface area contributed by atoms with Crippen molar-refractivity contribution in [1.82, 2.24) is 4.90 Å².